The minimum absolute atomic E-state index is 0.0667. The monoisotopic (exact) mass is 398 g/mol. The standard InChI is InChI=1S/C16H19FN4O3S2/c1-21-14(7-11-5-6-26(23,24)10-11)19-20-16(21)25-9-15(22)18-13-4-2-3-12(17)8-13/h2-4,8,11H,5-7,9-10H2,1H3,(H,18,22). The Hall–Kier alpha value is -1.94. The van der Waals surface area contributed by atoms with Gasteiger partial charge in [-0.1, -0.05) is 17.8 Å². The molecule has 2 heterocycles. The Kier molecular flexibility index (Phi) is 5.61. The third-order valence-electron chi connectivity index (χ3n) is 4.16. The van der Waals surface area contributed by atoms with Gasteiger partial charge < -0.3 is 9.88 Å². The Labute approximate surface area is 155 Å². The van der Waals surface area contributed by atoms with Crippen molar-refractivity contribution in [3.8, 4) is 0 Å². The molecule has 1 aliphatic rings. The summed E-state index contributed by atoms with van der Waals surface area (Å²) in [5.41, 5.74) is 0.400. The van der Waals surface area contributed by atoms with Gasteiger partial charge in [-0.2, -0.15) is 0 Å². The Morgan fingerprint density at radius 1 is 1.42 bits per heavy atom. The average molecular weight is 398 g/mol. The second-order valence-corrected chi connectivity index (χ2v) is 9.45. The summed E-state index contributed by atoms with van der Waals surface area (Å²) < 4.78 is 38.0. The lowest BCUT2D eigenvalue weighted by molar-refractivity contribution is -0.113. The second kappa shape index (κ2) is 7.75. The van der Waals surface area contributed by atoms with E-state index in [9.17, 15) is 17.6 Å². The van der Waals surface area contributed by atoms with Gasteiger partial charge in [0.05, 0.1) is 17.3 Å². The van der Waals surface area contributed by atoms with E-state index >= 15 is 0 Å². The quantitative estimate of drug-likeness (QED) is 0.744. The third-order valence-corrected chi connectivity index (χ3v) is 7.02. The molecular weight excluding hydrogens is 379 g/mol. The van der Waals surface area contributed by atoms with Gasteiger partial charge in [0.15, 0.2) is 15.0 Å². The fourth-order valence-electron chi connectivity index (χ4n) is 2.83. The molecule has 0 radical (unpaired) electrons. The molecule has 1 aromatic carbocycles. The van der Waals surface area contributed by atoms with Crippen molar-refractivity contribution >= 4 is 33.2 Å². The molecule has 1 atom stereocenters. The van der Waals surface area contributed by atoms with E-state index in [0.29, 0.717) is 29.5 Å². The molecule has 140 valence electrons. The fraction of sp³-hybridized carbons (Fsp3) is 0.438. The Balaban J connectivity index is 1.54. The molecule has 0 saturated carbocycles. The number of benzene rings is 1. The van der Waals surface area contributed by atoms with Crippen LogP contribution < -0.4 is 5.32 Å². The highest BCUT2D eigenvalue weighted by Crippen LogP contribution is 2.23. The third kappa shape index (κ3) is 4.82. The Morgan fingerprint density at radius 3 is 2.92 bits per heavy atom. The predicted molar refractivity (Wildman–Crippen MR) is 97.2 cm³/mol. The smallest absolute Gasteiger partial charge is 0.234 e. The number of halogens is 1. The number of anilines is 1. The first-order valence-corrected chi connectivity index (χ1v) is 10.9. The fourth-order valence-corrected chi connectivity index (χ4v) is 5.42. The molecular formula is C16H19FN4O3S2. The number of carbonyl (C=O) groups is 1. The lowest BCUT2D eigenvalue weighted by atomic mass is 10.1. The van der Waals surface area contributed by atoms with Crippen molar-refractivity contribution in [1.82, 2.24) is 14.8 Å². The van der Waals surface area contributed by atoms with Gasteiger partial charge in [-0.05, 0) is 30.5 Å². The Bertz CT molecular complexity index is 914. The van der Waals surface area contributed by atoms with Crippen molar-refractivity contribution in [2.75, 3.05) is 22.6 Å². The van der Waals surface area contributed by atoms with Gasteiger partial charge in [0.2, 0.25) is 5.91 Å². The van der Waals surface area contributed by atoms with Gasteiger partial charge in [0.1, 0.15) is 11.6 Å². The lowest BCUT2D eigenvalue weighted by Gasteiger charge is -2.08. The number of amides is 1. The van der Waals surface area contributed by atoms with E-state index < -0.39 is 15.7 Å². The van der Waals surface area contributed by atoms with E-state index in [2.05, 4.69) is 15.5 Å². The number of nitrogens with zero attached hydrogens (tertiary/aromatic N) is 3. The highest BCUT2D eigenvalue weighted by Gasteiger charge is 2.29. The molecule has 1 fully saturated rings. The largest absolute Gasteiger partial charge is 0.325 e. The first-order valence-electron chi connectivity index (χ1n) is 8.09. The molecule has 26 heavy (non-hydrogen) atoms. The molecule has 7 nitrogen and oxygen atoms in total. The van der Waals surface area contributed by atoms with Crippen molar-refractivity contribution in [2.24, 2.45) is 13.0 Å². The zero-order valence-corrected chi connectivity index (χ0v) is 15.8. The van der Waals surface area contributed by atoms with E-state index in [0.717, 1.165) is 0 Å². The summed E-state index contributed by atoms with van der Waals surface area (Å²) in [7, 11) is -1.12. The van der Waals surface area contributed by atoms with Crippen LogP contribution in [0.5, 0.6) is 0 Å². The van der Waals surface area contributed by atoms with Crippen molar-refractivity contribution in [3.05, 3.63) is 35.9 Å². The van der Waals surface area contributed by atoms with E-state index in [1.807, 2.05) is 0 Å². The van der Waals surface area contributed by atoms with Crippen LogP contribution in [0, 0.1) is 11.7 Å². The predicted octanol–water partition coefficient (Wildman–Crippen LogP) is 1.66. The van der Waals surface area contributed by atoms with Gasteiger partial charge in [-0.25, -0.2) is 12.8 Å². The molecule has 1 aliphatic heterocycles. The Morgan fingerprint density at radius 2 is 2.23 bits per heavy atom. The minimum atomic E-state index is -2.92. The van der Waals surface area contributed by atoms with Gasteiger partial charge >= 0.3 is 0 Å². The number of hydrogen-bond donors (Lipinski definition) is 1. The van der Waals surface area contributed by atoms with Crippen LogP contribution in [0.25, 0.3) is 0 Å². The maximum absolute atomic E-state index is 13.1. The summed E-state index contributed by atoms with van der Waals surface area (Å²) in [5, 5.41) is 11.4. The molecule has 3 rings (SSSR count). The van der Waals surface area contributed by atoms with Crippen LogP contribution in [-0.4, -0.2) is 46.3 Å². The molecule has 2 aromatic rings. The molecule has 1 aromatic heterocycles. The summed E-state index contributed by atoms with van der Waals surface area (Å²) in [5.74, 6) is 0.627. The van der Waals surface area contributed by atoms with Crippen molar-refractivity contribution in [1.29, 1.82) is 0 Å². The van der Waals surface area contributed by atoms with Crippen LogP contribution in [0.2, 0.25) is 0 Å². The van der Waals surface area contributed by atoms with E-state index in [-0.39, 0.29) is 29.1 Å². The minimum Gasteiger partial charge on any atom is -0.325 e. The van der Waals surface area contributed by atoms with Crippen LogP contribution in [0.4, 0.5) is 10.1 Å². The molecule has 0 aliphatic carbocycles. The first-order chi connectivity index (χ1) is 12.3. The number of hydrogen-bond acceptors (Lipinski definition) is 6. The number of rotatable bonds is 6. The summed E-state index contributed by atoms with van der Waals surface area (Å²) in [6.07, 6.45) is 1.20. The summed E-state index contributed by atoms with van der Waals surface area (Å²) in [4.78, 5) is 12.0. The van der Waals surface area contributed by atoms with Crippen LogP contribution in [0.3, 0.4) is 0 Å². The summed E-state index contributed by atoms with van der Waals surface area (Å²) >= 11 is 1.22. The van der Waals surface area contributed by atoms with Crippen LogP contribution in [0.1, 0.15) is 12.2 Å². The summed E-state index contributed by atoms with van der Waals surface area (Å²) in [6.45, 7) is 0. The van der Waals surface area contributed by atoms with Crippen LogP contribution >= 0.6 is 11.8 Å². The van der Waals surface area contributed by atoms with Crippen molar-refractivity contribution in [3.63, 3.8) is 0 Å². The van der Waals surface area contributed by atoms with Gasteiger partial charge in [0, 0.05) is 19.2 Å². The number of aromatic nitrogens is 3. The summed E-state index contributed by atoms with van der Waals surface area (Å²) in [6, 6.07) is 5.69. The number of sulfone groups is 1. The van der Waals surface area contributed by atoms with Gasteiger partial charge in [-0.3, -0.25) is 4.79 Å². The molecule has 0 spiro atoms. The van der Waals surface area contributed by atoms with E-state index in [1.165, 1.54) is 30.0 Å². The number of nitrogens with one attached hydrogen (secondary N) is 1. The molecule has 1 amide bonds. The number of carbonyl (C=O) groups excluding carboxylic acids is 1. The molecule has 1 N–H and O–H groups in total. The second-order valence-electron chi connectivity index (χ2n) is 6.28. The van der Waals surface area contributed by atoms with Crippen LogP contribution in [0.15, 0.2) is 29.4 Å². The zero-order valence-electron chi connectivity index (χ0n) is 14.2. The molecule has 1 unspecified atom stereocenters. The van der Waals surface area contributed by atoms with Crippen molar-refractivity contribution < 1.29 is 17.6 Å². The van der Waals surface area contributed by atoms with E-state index in [1.54, 1.807) is 17.7 Å². The highest BCUT2D eigenvalue weighted by atomic mass is 32.2. The van der Waals surface area contributed by atoms with Gasteiger partial charge in [-0.15, -0.1) is 10.2 Å². The first kappa shape index (κ1) is 18.8. The normalized spacial score (nSPS) is 18.8. The molecule has 10 heteroatoms. The van der Waals surface area contributed by atoms with Crippen molar-refractivity contribution in [2.45, 2.75) is 18.0 Å². The average Bonchev–Trinajstić information content (AvgIpc) is 3.08. The molecule has 0 bridgehead atoms. The highest BCUT2D eigenvalue weighted by molar-refractivity contribution is 7.99. The zero-order chi connectivity index (χ0) is 18.7. The number of thioether (sulfide) groups is 1. The van der Waals surface area contributed by atoms with Gasteiger partial charge in [0.25, 0.3) is 0 Å². The maximum atomic E-state index is 13.1. The van der Waals surface area contributed by atoms with E-state index in [4.69, 9.17) is 0 Å². The SMILES string of the molecule is Cn1c(CC2CCS(=O)(=O)C2)nnc1SCC(=O)Nc1cccc(F)c1. The topological polar surface area (TPSA) is 93.9 Å². The van der Waals surface area contributed by atoms with Crippen LogP contribution in [-0.2, 0) is 28.1 Å². The lowest BCUT2D eigenvalue weighted by Crippen LogP contribution is -2.15. The molecule has 1 saturated heterocycles. The maximum Gasteiger partial charge on any atom is 0.234 e.